The molecule has 20 heavy (non-hydrogen) atoms. The highest BCUT2D eigenvalue weighted by Crippen LogP contribution is 2.21. The Morgan fingerprint density at radius 3 is 2.75 bits per heavy atom. The van der Waals surface area contributed by atoms with Crippen molar-refractivity contribution in [2.24, 2.45) is 0 Å². The molecule has 1 unspecified atom stereocenters. The molecule has 7 heteroatoms. The van der Waals surface area contributed by atoms with Crippen LogP contribution in [0.15, 0.2) is 18.3 Å². The van der Waals surface area contributed by atoms with Gasteiger partial charge in [0.15, 0.2) is 5.82 Å². The lowest BCUT2D eigenvalue weighted by molar-refractivity contribution is 0.0935. The van der Waals surface area contributed by atoms with Crippen molar-refractivity contribution in [3.8, 4) is 0 Å². The summed E-state index contributed by atoms with van der Waals surface area (Å²) in [6.07, 6.45) is 1.68. The minimum Gasteiger partial charge on any atom is -0.396 e. The molecule has 2 rings (SSSR count). The molecule has 1 aromatic carbocycles. The average Bonchev–Trinajstić information content (AvgIpc) is 2.80. The van der Waals surface area contributed by atoms with E-state index < -0.39 is 34.8 Å². The number of aromatic nitrogens is 1. The number of nitrogen functional groups attached to an aromatic ring is 1. The van der Waals surface area contributed by atoms with Gasteiger partial charge in [0.25, 0.3) is 5.91 Å². The van der Waals surface area contributed by atoms with E-state index in [1.54, 1.807) is 13.1 Å². The zero-order valence-electron chi connectivity index (χ0n) is 10.9. The number of nitrogens with two attached hydrogens (primary N) is 1. The first-order chi connectivity index (χ1) is 9.38. The number of carbonyl (C=O) groups excluding carboxylic acids is 1. The van der Waals surface area contributed by atoms with Gasteiger partial charge < -0.3 is 11.1 Å². The van der Waals surface area contributed by atoms with Crippen LogP contribution in [0.5, 0.6) is 0 Å². The molecular weight excluding hydrogens is 284 g/mol. The molecular formula is C13H13F2N3OS. The molecule has 0 aliphatic heterocycles. The molecule has 4 nitrogen and oxygen atoms in total. The van der Waals surface area contributed by atoms with Crippen LogP contribution < -0.4 is 11.1 Å². The number of anilines is 1. The largest absolute Gasteiger partial charge is 0.396 e. The van der Waals surface area contributed by atoms with Crippen molar-refractivity contribution in [2.75, 3.05) is 5.73 Å². The summed E-state index contributed by atoms with van der Waals surface area (Å²) >= 11 is 1.43. The van der Waals surface area contributed by atoms with E-state index >= 15 is 0 Å². The number of benzene rings is 1. The highest BCUT2D eigenvalue weighted by atomic mass is 32.1. The van der Waals surface area contributed by atoms with E-state index in [-0.39, 0.29) is 0 Å². The van der Waals surface area contributed by atoms with Crippen molar-refractivity contribution >= 4 is 22.9 Å². The highest BCUT2D eigenvalue weighted by Gasteiger charge is 2.19. The molecule has 106 valence electrons. The molecule has 0 aliphatic carbocycles. The van der Waals surface area contributed by atoms with Gasteiger partial charge in [0.2, 0.25) is 0 Å². The molecule has 0 saturated heterocycles. The molecule has 0 radical (unpaired) electrons. The van der Waals surface area contributed by atoms with Crippen molar-refractivity contribution in [1.82, 2.24) is 10.3 Å². The van der Waals surface area contributed by atoms with E-state index in [2.05, 4.69) is 10.3 Å². The first-order valence-electron chi connectivity index (χ1n) is 5.86. The number of thiazole rings is 1. The van der Waals surface area contributed by atoms with Gasteiger partial charge in [-0.1, -0.05) is 0 Å². The maximum Gasteiger partial charge on any atom is 0.254 e. The standard InChI is InChI=1S/C13H13F2N3OS/c1-6-5-17-13(20-6)7(2)18-12(19)9-3-8(14)4-10(16)11(9)15/h3-5,7H,16H2,1-2H3,(H,18,19). The third kappa shape index (κ3) is 2.93. The summed E-state index contributed by atoms with van der Waals surface area (Å²) in [5, 5.41) is 3.26. The summed E-state index contributed by atoms with van der Waals surface area (Å²) < 4.78 is 26.9. The summed E-state index contributed by atoms with van der Waals surface area (Å²) in [6, 6.07) is 1.26. The second-order valence-electron chi connectivity index (χ2n) is 4.36. The molecule has 1 heterocycles. The predicted octanol–water partition coefficient (Wildman–Crippen LogP) is 2.80. The zero-order chi connectivity index (χ0) is 14.9. The van der Waals surface area contributed by atoms with Crippen molar-refractivity contribution in [1.29, 1.82) is 0 Å². The number of nitrogens with one attached hydrogen (secondary N) is 1. The monoisotopic (exact) mass is 297 g/mol. The number of hydrogen-bond donors (Lipinski definition) is 2. The Morgan fingerprint density at radius 2 is 2.15 bits per heavy atom. The Morgan fingerprint density at radius 1 is 1.45 bits per heavy atom. The quantitative estimate of drug-likeness (QED) is 0.856. The normalized spacial score (nSPS) is 12.2. The second-order valence-corrected chi connectivity index (χ2v) is 5.63. The molecule has 0 aliphatic rings. The third-order valence-corrected chi connectivity index (χ3v) is 3.76. The van der Waals surface area contributed by atoms with Crippen LogP contribution >= 0.6 is 11.3 Å². The maximum absolute atomic E-state index is 13.7. The molecule has 0 saturated carbocycles. The smallest absolute Gasteiger partial charge is 0.254 e. The Bertz CT molecular complexity index is 657. The Kier molecular flexibility index (Phi) is 3.99. The van der Waals surface area contributed by atoms with Crippen LogP contribution in [0.3, 0.4) is 0 Å². The maximum atomic E-state index is 13.7. The minimum absolute atomic E-state index is 0.395. The fourth-order valence-corrected chi connectivity index (χ4v) is 2.46. The number of hydrogen-bond acceptors (Lipinski definition) is 4. The van der Waals surface area contributed by atoms with Gasteiger partial charge in [-0.25, -0.2) is 13.8 Å². The van der Waals surface area contributed by atoms with Gasteiger partial charge in [0.05, 0.1) is 17.3 Å². The van der Waals surface area contributed by atoms with E-state index in [1.165, 1.54) is 11.3 Å². The van der Waals surface area contributed by atoms with Gasteiger partial charge in [-0.2, -0.15) is 0 Å². The zero-order valence-corrected chi connectivity index (χ0v) is 11.7. The topological polar surface area (TPSA) is 68.0 Å². The Labute approximate surface area is 118 Å². The number of carbonyl (C=O) groups is 1. The van der Waals surface area contributed by atoms with Crippen molar-refractivity contribution in [3.63, 3.8) is 0 Å². The number of amides is 1. The van der Waals surface area contributed by atoms with Crippen LogP contribution in [0, 0.1) is 18.6 Å². The van der Waals surface area contributed by atoms with Gasteiger partial charge in [-0.15, -0.1) is 11.3 Å². The summed E-state index contributed by atoms with van der Waals surface area (Å²) in [5.41, 5.74) is 4.49. The third-order valence-electron chi connectivity index (χ3n) is 2.67. The van der Waals surface area contributed by atoms with E-state index in [9.17, 15) is 13.6 Å². The van der Waals surface area contributed by atoms with Gasteiger partial charge in [0, 0.05) is 11.1 Å². The number of rotatable bonds is 3. The first kappa shape index (κ1) is 14.4. The lowest BCUT2D eigenvalue weighted by Crippen LogP contribution is -2.27. The number of aryl methyl sites for hydroxylation is 1. The van der Waals surface area contributed by atoms with Gasteiger partial charge in [0.1, 0.15) is 10.8 Å². The van der Waals surface area contributed by atoms with E-state index in [1.807, 2.05) is 6.92 Å². The molecule has 0 bridgehead atoms. The van der Waals surface area contributed by atoms with Crippen molar-refractivity contribution < 1.29 is 13.6 Å². The molecule has 1 amide bonds. The summed E-state index contributed by atoms with van der Waals surface area (Å²) in [7, 11) is 0. The van der Waals surface area contributed by atoms with Crippen molar-refractivity contribution in [3.05, 3.63) is 45.4 Å². The van der Waals surface area contributed by atoms with Crippen molar-refractivity contribution in [2.45, 2.75) is 19.9 Å². The lowest BCUT2D eigenvalue weighted by atomic mass is 10.1. The fourth-order valence-electron chi connectivity index (χ4n) is 1.68. The van der Waals surface area contributed by atoms with Crippen LogP contribution in [-0.2, 0) is 0 Å². The van der Waals surface area contributed by atoms with Crippen LogP contribution in [-0.4, -0.2) is 10.9 Å². The minimum atomic E-state index is -0.925. The summed E-state index contributed by atoms with van der Waals surface area (Å²) in [4.78, 5) is 17.1. The summed E-state index contributed by atoms with van der Waals surface area (Å²) in [5.74, 6) is -2.41. The fraction of sp³-hybridized carbons (Fsp3) is 0.231. The van der Waals surface area contributed by atoms with Gasteiger partial charge in [-0.05, 0) is 26.0 Å². The molecule has 3 N–H and O–H groups in total. The Balaban J connectivity index is 2.20. The lowest BCUT2D eigenvalue weighted by Gasteiger charge is -2.12. The van der Waals surface area contributed by atoms with E-state index in [0.29, 0.717) is 5.01 Å². The predicted molar refractivity (Wildman–Crippen MR) is 73.5 cm³/mol. The van der Waals surface area contributed by atoms with E-state index in [0.717, 1.165) is 17.0 Å². The van der Waals surface area contributed by atoms with Crippen LogP contribution in [0.25, 0.3) is 0 Å². The molecule has 0 spiro atoms. The molecule has 1 aromatic heterocycles. The molecule has 2 aromatic rings. The average molecular weight is 297 g/mol. The van der Waals surface area contributed by atoms with Crippen LogP contribution in [0.1, 0.15) is 33.2 Å². The second kappa shape index (κ2) is 5.54. The summed E-state index contributed by atoms with van der Waals surface area (Å²) in [6.45, 7) is 3.61. The SMILES string of the molecule is Cc1cnc(C(C)NC(=O)c2cc(F)cc(N)c2F)s1. The van der Waals surface area contributed by atoms with Gasteiger partial charge >= 0.3 is 0 Å². The number of nitrogens with zero attached hydrogens (tertiary/aromatic N) is 1. The highest BCUT2D eigenvalue weighted by molar-refractivity contribution is 7.11. The van der Waals surface area contributed by atoms with Crippen LogP contribution in [0.2, 0.25) is 0 Å². The number of halogens is 2. The van der Waals surface area contributed by atoms with Gasteiger partial charge in [-0.3, -0.25) is 4.79 Å². The first-order valence-corrected chi connectivity index (χ1v) is 6.68. The Hall–Kier alpha value is -2.02. The molecule has 0 fully saturated rings. The van der Waals surface area contributed by atoms with Crippen LogP contribution in [0.4, 0.5) is 14.5 Å². The van der Waals surface area contributed by atoms with E-state index in [4.69, 9.17) is 5.73 Å². The molecule has 1 atom stereocenters.